The Hall–Kier alpha value is -3.08. The van der Waals surface area contributed by atoms with Crippen LogP contribution >= 0.6 is 0 Å². The lowest BCUT2D eigenvalue weighted by Gasteiger charge is -2.16. The van der Waals surface area contributed by atoms with Crippen molar-refractivity contribution in [2.75, 3.05) is 4.90 Å². The molecule has 1 N–H and O–H groups in total. The molecule has 2 aromatic carbocycles. The van der Waals surface area contributed by atoms with Gasteiger partial charge in [0.05, 0.1) is 11.6 Å². The minimum absolute atomic E-state index is 0.0687. The molecule has 1 unspecified atom stereocenters. The molecule has 1 saturated heterocycles. The molecule has 126 valence electrons. The van der Waals surface area contributed by atoms with Crippen LogP contribution in [-0.2, 0) is 16.1 Å². The molecule has 0 aliphatic carbocycles. The fourth-order valence-electron chi connectivity index (χ4n) is 3.60. The highest BCUT2D eigenvalue weighted by Gasteiger charge is 2.42. The molecule has 2 heterocycles. The third-order valence-electron chi connectivity index (χ3n) is 4.80. The van der Waals surface area contributed by atoms with E-state index in [1.54, 1.807) is 18.2 Å². The number of aryl methyl sites for hydroxylation is 1. The van der Waals surface area contributed by atoms with Crippen molar-refractivity contribution in [3.05, 3.63) is 60.3 Å². The van der Waals surface area contributed by atoms with Gasteiger partial charge in [0.1, 0.15) is 5.75 Å². The number of phenols is 1. The molecule has 2 amide bonds. The van der Waals surface area contributed by atoms with Crippen LogP contribution in [0.1, 0.15) is 24.8 Å². The number of hydrogen-bond acceptors (Lipinski definition) is 3. The zero-order chi connectivity index (χ0) is 17.6. The van der Waals surface area contributed by atoms with Gasteiger partial charge in [0.25, 0.3) is 0 Å². The number of benzene rings is 2. The van der Waals surface area contributed by atoms with Crippen molar-refractivity contribution >= 4 is 28.4 Å². The standard InChI is InChI=1S/C20H18N2O3/c1-2-21-12-15(13-7-3-4-8-16(13)21)14-11-19(24)22(20(14)25)17-9-5-6-10-18(17)23/h3-10,12,14,23H,2,11H2,1H3. The predicted octanol–water partition coefficient (Wildman–Crippen LogP) is 3.41. The third kappa shape index (κ3) is 2.31. The van der Waals surface area contributed by atoms with E-state index in [2.05, 4.69) is 4.57 Å². The van der Waals surface area contributed by atoms with Crippen LogP contribution in [0.15, 0.2) is 54.7 Å². The Morgan fingerprint density at radius 1 is 1.08 bits per heavy atom. The van der Waals surface area contributed by atoms with Gasteiger partial charge in [-0.2, -0.15) is 0 Å². The van der Waals surface area contributed by atoms with Crippen molar-refractivity contribution < 1.29 is 14.7 Å². The summed E-state index contributed by atoms with van der Waals surface area (Å²) in [7, 11) is 0. The van der Waals surface area contributed by atoms with Crippen LogP contribution in [0.4, 0.5) is 5.69 Å². The van der Waals surface area contributed by atoms with Crippen molar-refractivity contribution in [2.24, 2.45) is 0 Å². The van der Waals surface area contributed by atoms with Crippen LogP contribution < -0.4 is 4.90 Å². The summed E-state index contributed by atoms with van der Waals surface area (Å²) in [6.45, 7) is 2.84. The van der Waals surface area contributed by atoms with Gasteiger partial charge in [-0.25, -0.2) is 4.90 Å². The van der Waals surface area contributed by atoms with Gasteiger partial charge < -0.3 is 9.67 Å². The van der Waals surface area contributed by atoms with Crippen molar-refractivity contribution in [1.82, 2.24) is 4.57 Å². The molecule has 1 fully saturated rings. The smallest absolute Gasteiger partial charge is 0.242 e. The Labute approximate surface area is 145 Å². The molecule has 3 aromatic rings. The lowest BCUT2D eigenvalue weighted by Crippen LogP contribution is -2.30. The lowest BCUT2D eigenvalue weighted by atomic mass is 9.97. The Bertz CT molecular complexity index is 990. The molecule has 1 aromatic heterocycles. The van der Waals surface area contributed by atoms with E-state index in [-0.39, 0.29) is 29.7 Å². The molecule has 5 heteroatoms. The normalized spacial score (nSPS) is 17.6. The van der Waals surface area contributed by atoms with Crippen LogP contribution in [-0.4, -0.2) is 21.5 Å². The maximum absolute atomic E-state index is 13.0. The van der Waals surface area contributed by atoms with Gasteiger partial charge in [0.2, 0.25) is 11.8 Å². The van der Waals surface area contributed by atoms with E-state index < -0.39 is 5.92 Å². The van der Waals surface area contributed by atoms with E-state index in [1.807, 2.05) is 37.4 Å². The van der Waals surface area contributed by atoms with Crippen LogP contribution in [0.5, 0.6) is 5.75 Å². The second-order valence-corrected chi connectivity index (χ2v) is 6.20. The molecule has 0 bridgehead atoms. The Kier molecular flexibility index (Phi) is 3.57. The zero-order valence-corrected chi connectivity index (χ0v) is 13.8. The summed E-state index contributed by atoms with van der Waals surface area (Å²) >= 11 is 0. The highest BCUT2D eigenvalue weighted by atomic mass is 16.3. The topological polar surface area (TPSA) is 62.5 Å². The van der Waals surface area contributed by atoms with E-state index in [4.69, 9.17) is 0 Å². The number of fused-ring (bicyclic) bond motifs is 1. The first kappa shape index (κ1) is 15.4. The van der Waals surface area contributed by atoms with E-state index >= 15 is 0 Å². The number of aromatic hydroxyl groups is 1. The Morgan fingerprint density at radius 3 is 2.56 bits per heavy atom. The lowest BCUT2D eigenvalue weighted by molar-refractivity contribution is -0.121. The minimum atomic E-state index is -0.523. The molecule has 25 heavy (non-hydrogen) atoms. The van der Waals surface area contributed by atoms with E-state index in [9.17, 15) is 14.7 Å². The molecular formula is C20H18N2O3. The van der Waals surface area contributed by atoms with Crippen molar-refractivity contribution in [1.29, 1.82) is 0 Å². The van der Waals surface area contributed by atoms with Crippen molar-refractivity contribution in [3.8, 4) is 5.75 Å². The second kappa shape index (κ2) is 5.77. The number of imide groups is 1. The summed E-state index contributed by atoms with van der Waals surface area (Å²) in [5, 5.41) is 11.0. The highest BCUT2D eigenvalue weighted by Crippen LogP contribution is 2.39. The number of carbonyl (C=O) groups excluding carboxylic acids is 2. The molecule has 1 atom stereocenters. The van der Waals surface area contributed by atoms with Crippen molar-refractivity contribution in [3.63, 3.8) is 0 Å². The number of nitrogens with zero attached hydrogens (tertiary/aromatic N) is 2. The summed E-state index contributed by atoms with van der Waals surface area (Å²) in [4.78, 5) is 26.6. The maximum Gasteiger partial charge on any atom is 0.242 e. The molecule has 0 spiro atoms. The van der Waals surface area contributed by atoms with Gasteiger partial charge in [-0.1, -0.05) is 30.3 Å². The molecule has 1 aliphatic rings. The molecule has 1 aliphatic heterocycles. The Balaban J connectivity index is 1.80. The van der Waals surface area contributed by atoms with Crippen LogP contribution in [0.3, 0.4) is 0 Å². The number of hydrogen-bond donors (Lipinski definition) is 1. The number of aromatic nitrogens is 1. The molecule has 5 nitrogen and oxygen atoms in total. The van der Waals surface area contributed by atoms with E-state index in [1.165, 1.54) is 6.07 Å². The number of anilines is 1. The number of para-hydroxylation sites is 3. The molecule has 4 rings (SSSR count). The van der Waals surface area contributed by atoms with Gasteiger partial charge in [-0.05, 0) is 30.7 Å². The first-order valence-corrected chi connectivity index (χ1v) is 8.34. The summed E-state index contributed by atoms with van der Waals surface area (Å²) in [6, 6.07) is 14.3. The van der Waals surface area contributed by atoms with Gasteiger partial charge in [0.15, 0.2) is 0 Å². The van der Waals surface area contributed by atoms with Crippen LogP contribution in [0.25, 0.3) is 10.9 Å². The third-order valence-corrected chi connectivity index (χ3v) is 4.80. The van der Waals surface area contributed by atoms with E-state index in [0.717, 1.165) is 27.9 Å². The van der Waals surface area contributed by atoms with E-state index in [0.29, 0.717) is 0 Å². The number of phenolic OH excluding ortho intramolecular Hbond substituents is 1. The molecule has 0 radical (unpaired) electrons. The summed E-state index contributed by atoms with van der Waals surface area (Å²) < 4.78 is 2.09. The van der Waals surface area contributed by atoms with Crippen LogP contribution in [0, 0.1) is 0 Å². The summed E-state index contributed by atoms with van der Waals surface area (Å²) in [6.07, 6.45) is 2.08. The molecular weight excluding hydrogens is 316 g/mol. The quantitative estimate of drug-likeness (QED) is 0.747. The van der Waals surface area contributed by atoms with Gasteiger partial charge in [-0.15, -0.1) is 0 Å². The SMILES string of the molecule is CCn1cc(C2CC(=O)N(c3ccccc3O)C2=O)c2ccccc21. The monoisotopic (exact) mass is 334 g/mol. The largest absolute Gasteiger partial charge is 0.506 e. The minimum Gasteiger partial charge on any atom is -0.506 e. The van der Waals surface area contributed by atoms with Crippen molar-refractivity contribution in [2.45, 2.75) is 25.8 Å². The summed E-state index contributed by atoms with van der Waals surface area (Å²) in [5.41, 5.74) is 2.18. The van der Waals surface area contributed by atoms with Crippen LogP contribution in [0.2, 0.25) is 0 Å². The number of amides is 2. The Morgan fingerprint density at radius 2 is 1.80 bits per heavy atom. The summed E-state index contributed by atoms with van der Waals surface area (Å²) in [5.74, 6) is -1.17. The average Bonchev–Trinajstić information content (AvgIpc) is 3.13. The number of carbonyl (C=O) groups is 2. The van der Waals surface area contributed by atoms with Gasteiger partial charge >= 0.3 is 0 Å². The predicted molar refractivity (Wildman–Crippen MR) is 95.6 cm³/mol. The highest BCUT2D eigenvalue weighted by molar-refractivity contribution is 6.24. The first-order valence-electron chi connectivity index (χ1n) is 8.34. The first-order chi connectivity index (χ1) is 12.1. The van der Waals surface area contributed by atoms with Gasteiger partial charge in [-0.3, -0.25) is 9.59 Å². The second-order valence-electron chi connectivity index (χ2n) is 6.20. The van der Waals surface area contributed by atoms with Gasteiger partial charge in [0, 0.05) is 30.1 Å². The zero-order valence-electron chi connectivity index (χ0n) is 13.8. The number of rotatable bonds is 3. The fourth-order valence-corrected chi connectivity index (χ4v) is 3.60. The fraction of sp³-hybridized carbons (Fsp3) is 0.200. The molecule has 0 saturated carbocycles. The average molecular weight is 334 g/mol. The maximum atomic E-state index is 13.0.